The number of hydrogen-bond acceptors (Lipinski definition) is 3. The van der Waals surface area contributed by atoms with Gasteiger partial charge in [0.2, 0.25) is 5.82 Å². The van der Waals surface area contributed by atoms with Gasteiger partial charge in [0.15, 0.2) is 17.3 Å². The third kappa shape index (κ3) is 1.87. The maximum absolute atomic E-state index is 13.8. The summed E-state index contributed by atoms with van der Waals surface area (Å²) in [5.41, 5.74) is -0.852. The van der Waals surface area contributed by atoms with Crippen LogP contribution in [-0.2, 0) is 10.2 Å². The van der Waals surface area contributed by atoms with E-state index >= 15 is 0 Å². The van der Waals surface area contributed by atoms with E-state index in [1.54, 1.807) is 0 Å². The Hall–Kier alpha value is -1.85. The molecule has 4 nitrogen and oxygen atoms in total. The maximum atomic E-state index is 13.8. The van der Waals surface area contributed by atoms with Crippen LogP contribution in [0.4, 0.5) is 8.78 Å². The molecule has 0 atom stereocenters. The maximum Gasteiger partial charge on any atom is 0.304 e. The molecule has 1 aromatic carbocycles. The lowest BCUT2D eigenvalue weighted by Crippen LogP contribution is -2.15. The van der Waals surface area contributed by atoms with Crippen LogP contribution in [0.3, 0.4) is 0 Å². The highest BCUT2D eigenvalue weighted by molar-refractivity contribution is 5.70. The minimum absolute atomic E-state index is 0.000602. The van der Waals surface area contributed by atoms with Gasteiger partial charge in [-0.3, -0.25) is 4.79 Å². The molecule has 1 aromatic rings. The summed E-state index contributed by atoms with van der Waals surface area (Å²) in [5.74, 6) is -4.76. The van der Waals surface area contributed by atoms with E-state index in [9.17, 15) is 18.7 Å². The van der Waals surface area contributed by atoms with Gasteiger partial charge in [0, 0.05) is 11.0 Å². The molecule has 18 heavy (non-hydrogen) atoms. The fraction of sp³-hybridized carbons (Fsp3) is 0.417. The van der Waals surface area contributed by atoms with Crippen LogP contribution in [0.25, 0.3) is 0 Å². The highest BCUT2D eigenvalue weighted by atomic mass is 19.1. The Bertz CT molecular complexity index is 509. The monoisotopic (exact) mass is 258 g/mol. The summed E-state index contributed by atoms with van der Waals surface area (Å²) in [7, 11) is 1.19. The molecule has 0 radical (unpaired) electrons. The Labute approximate surface area is 102 Å². The summed E-state index contributed by atoms with van der Waals surface area (Å²) in [6.45, 7) is 0. The average molecular weight is 258 g/mol. The van der Waals surface area contributed by atoms with Crippen molar-refractivity contribution in [2.24, 2.45) is 0 Å². The number of hydrogen-bond donors (Lipinski definition) is 2. The highest BCUT2D eigenvalue weighted by Gasteiger charge is 2.48. The van der Waals surface area contributed by atoms with E-state index in [0.29, 0.717) is 12.8 Å². The Morgan fingerprint density at radius 2 is 2.06 bits per heavy atom. The molecule has 0 amide bonds. The first-order chi connectivity index (χ1) is 8.41. The van der Waals surface area contributed by atoms with E-state index in [0.717, 1.165) is 6.07 Å². The van der Waals surface area contributed by atoms with Crippen LogP contribution in [0.15, 0.2) is 6.07 Å². The van der Waals surface area contributed by atoms with Crippen LogP contribution in [-0.4, -0.2) is 23.3 Å². The minimum Gasteiger partial charge on any atom is -0.503 e. The Kier molecular flexibility index (Phi) is 2.88. The zero-order valence-corrected chi connectivity index (χ0v) is 9.67. The van der Waals surface area contributed by atoms with Crippen molar-refractivity contribution in [3.05, 3.63) is 23.3 Å². The summed E-state index contributed by atoms with van der Waals surface area (Å²) in [4.78, 5) is 10.8. The number of rotatable bonds is 4. The number of methoxy groups -OCH3 is 1. The van der Waals surface area contributed by atoms with Gasteiger partial charge in [-0.1, -0.05) is 0 Å². The molecule has 1 fully saturated rings. The Morgan fingerprint density at radius 3 is 2.50 bits per heavy atom. The zero-order chi connectivity index (χ0) is 13.5. The average Bonchev–Trinajstić information content (AvgIpc) is 3.06. The van der Waals surface area contributed by atoms with Gasteiger partial charge in [-0.2, -0.15) is 4.39 Å². The number of halogens is 2. The third-order valence-electron chi connectivity index (χ3n) is 3.28. The third-order valence-corrected chi connectivity index (χ3v) is 3.28. The summed E-state index contributed by atoms with van der Waals surface area (Å²) >= 11 is 0. The van der Waals surface area contributed by atoms with E-state index in [4.69, 9.17) is 9.84 Å². The molecule has 0 aliphatic heterocycles. The molecule has 1 aliphatic rings. The smallest absolute Gasteiger partial charge is 0.304 e. The number of ether oxygens (including phenoxy) is 1. The lowest BCUT2D eigenvalue weighted by Gasteiger charge is -2.16. The van der Waals surface area contributed by atoms with Crippen molar-refractivity contribution >= 4 is 5.97 Å². The van der Waals surface area contributed by atoms with Gasteiger partial charge < -0.3 is 14.9 Å². The molecule has 0 spiro atoms. The van der Waals surface area contributed by atoms with Crippen LogP contribution in [0, 0.1) is 11.6 Å². The van der Waals surface area contributed by atoms with E-state index in [1.807, 2.05) is 0 Å². The molecule has 0 bridgehead atoms. The van der Waals surface area contributed by atoms with Crippen molar-refractivity contribution in [3.63, 3.8) is 0 Å². The van der Waals surface area contributed by atoms with E-state index < -0.39 is 28.8 Å². The number of phenolic OH excluding ortho intramolecular Hbond substituents is 1. The van der Waals surface area contributed by atoms with Crippen molar-refractivity contribution in [1.29, 1.82) is 0 Å². The van der Waals surface area contributed by atoms with Crippen molar-refractivity contribution in [3.8, 4) is 11.5 Å². The number of carbonyl (C=O) groups is 1. The first kappa shape index (κ1) is 12.6. The van der Waals surface area contributed by atoms with Crippen LogP contribution in [0.1, 0.15) is 24.8 Å². The number of benzene rings is 1. The molecule has 98 valence electrons. The van der Waals surface area contributed by atoms with Crippen LogP contribution in [0.2, 0.25) is 0 Å². The fourth-order valence-corrected chi connectivity index (χ4v) is 2.11. The fourth-order valence-electron chi connectivity index (χ4n) is 2.11. The van der Waals surface area contributed by atoms with Crippen LogP contribution >= 0.6 is 0 Å². The molecule has 0 heterocycles. The molecule has 1 saturated carbocycles. The molecule has 0 aromatic heterocycles. The summed E-state index contributed by atoms with van der Waals surface area (Å²) < 4.78 is 31.9. The van der Waals surface area contributed by atoms with Crippen LogP contribution in [0.5, 0.6) is 11.5 Å². The number of carboxylic acid groups (broad SMARTS) is 1. The first-order valence-corrected chi connectivity index (χ1v) is 5.38. The summed E-state index contributed by atoms with van der Waals surface area (Å²) in [5, 5.41) is 18.1. The standard InChI is InChI=1S/C12H12F2O4/c1-18-7-4-6(9(13)11(17)10(7)14)12(2-3-12)5-8(15)16/h4,17H,2-3,5H2,1H3,(H,15,16). The molecule has 2 N–H and O–H groups in total. The van der Waals surface area contributed by atoms with E-state index in [2.05, 4.69) is 0 Å². The minimum atomic E-state index is -1.18. The second-order valence-corrected chi connectivity index (χ2v) is 4.45. The van der Waals surface area contributed by atoms with Crippen molar-refractivity contribution in [1.82, 2.24) is 0 Å². The number of aliphatic carboxylic acids is 1. The van der Waals surface area contributed by atoms with Gasteiger partial charge in [-0.25, -0.2) is 4.39 Å². The molecule has 2 rings (SSSR count). The predicted octanol–water partition coefficient (Wildman–Crippen LogP) is 2.19. The summed E-state index contributed by atoms with van der Waals surface area (Å²) in [6, 6.07) is 1.13. The lowest BCUT2D eigenvalue weighted by atomic mass is 9.91. The number of phenols is 1. The summed E-state index contributed by atoms with van der Waals surface area (Å²) in [6.07, 6.45) is 0.729. The van der Waals surface area contributed by atoms with Crippen molar-refractivity contribution in [2.45, 2.75) is 24.7 Å². The quantitative estimate of drug-likeness (QED) is 0.868. The van der Waals surface area contributed by atoms with Gasteiger partial charge in [-0.15, -0.1) is 0 Å². The van der Waals surface area contributed by atoms with Gasteiger partial charge in [-0.05, 0) is 18.9 Å². The molecular weight excluding hydrogens is 246 g/mol. The molecule has 6 heteroatoms. The zero-order valence-electron chi connectivity index (χ0n) is 9.67. The normalized spacial score (nSPS) is 16.4. The molecule has 1 aliphatic carbocycles. The predicted molar refractivity (Wildman–Crippen MR) is 57.7 cm³/mol. The molecule has 0 unspecified atom stereocenters. The molecule has 0 saturated heterocycles. The first-order valence-electron chi connectivity index (χ1n) is 5.38. The van der Waals surface area contributed by atoms with E-state index in [1.165, 1.54) is 7.11 Å². The van der Waals surface area contributed by atoms with Crippen LogP contribution < -0.4 is 4.74 Å². The second kappa shape index (κ2) is 4.12. The number of carboxylic acids is 1. The van der Waals surface area contributed by atoms with Crippen molar-refractivity contribution in [2.75, 3.05) is 7.11 Å². The number of aromatic hydroxyl groups is 1. The molecular formula is C12H12F2O4. The lowest BCUT2D eigenvalue weighted by molar-refractivity contribution is -0.137. The largest absolute Gasteiger partial charge is 0.503 e. The SMILES string of the molecule is COc1cc(C2(CC(=O)O)CC2)c(F)c(O)c1F. The van der Waals surface area contributed by atoms with E-state index in [-0.39, 0.29) is 17.7 Å². The van der Waals surface area contributed by atoms with Crippen molar-refractivity contribution < 1.29 is 28.5 Å². The second-order valence-electron chi connectivity index (χ2n) is 4.45. The van der Waals surface area contributed by atoms with Gasteiger partial charge in [0.1, 0.15) is 0 Å². The Morgan fingerprint density at radius 1 is 1.44 bits per heavy atom. The highest BCUT2D eigenvalue weighted by Crippen LogP contribution is 2.54. The van der Waals surface area contributed by atoms with Gasteiger partial charge in [0.05, 0.1) is 13.5 Å². The van der Waals surface area contributed by atoms with Gasteiger partial charge in [0.25, 0.3) is 0 Å². The van der Waals surface area contributed by atoms with Gasteiger partial charge >= 0.3 is 5.97 Å². The Balaban J connectivity index is 2.51. The topological polar surface area (TPSA) is 66.8 Å².